The SMILES string of the molecule is Cc1ccccc1C(NC(C)c1cnn(C)c1)C1CC1. The molecule has 2 aromatic rings. The van der Waals surface area contributed by atoms with E-state index in [0.29, 0.717) is 12.1 Å². The Morgan fingerprint density at radius 2 is 2.05 bits per heavy atom. The Bertz CT molecular complexity index is 583. The molecule has 1 fully saturated rings. The smallest absolute Gasteiger partial charge is 0.0537 e. The largest absolute Gasteiger partial charge is 0.303 e. The molecule has 2 atom stereocenters. The van der Waals surface area contributed by atoms with Gasteiger partial charge in [0.15, 0.2) is 0 Å². The Kier molecular flexibility index (Phi) is 3.62. The average molecular weight is 269 g/mol. The molecular formula is C17H23N3. The van der Waals surface area contributed by atoms with E-state index in [2.05, 4.69) is 54.7 Å². The molecule has 3 heteroatoms. The Morgan fingerprint density at radius 3 is 2.65 bits per heavy atom. The molecule has 0 bridgehead atoms. The van der Waals surface area contributed by atoms with E-state index in [9.17, 15) is 0 Å². The van der Waals surface area contributed by atoms with Gasteiger partial charge >= 0.3 is 0 Å². The van der Waals surface area contributed by atoms with Gasteiger partial charge in [0.1, 0.15) is 0 Å². The van der Waals surface area contributed by atoms with Crippen molar-refractivity contribution in [3.8, 4) is 0 Å². The number of benzene rings is 1. The molecule has 1 heterocycles. The van der Waals surface area contributed by atoms with E-state index >= 15 is 0 Å². The zero-order valence-electron chi connectivity index (χ0n) is 12.5. The second kappa shape index (κ2) is 5.41. The van der Waals surface area contributed by atoms with E-state index in [1.807, 2.05) is 17.9 Å². The van der Waals surface area contributed by atoms with Crippen molar-refractivity contribution in [2.24, 2.45) is 13.0 Å². The highest BCUT2D eigenvalue weighted by molar-refractivity contribution is 5.30. The number of hydrogen-bond donors (Lipinski definition) is 1. The van der Waals surface area contributed by atoms with Gasteiger partial charge in [0.25, 0.3) is 0 Å². The summed E-state index contributed by atoms with van der Waals surface area (Å²) in [5.41, 5.74) is 4.09. The van der Waals surface area contributed by atoms with Crippen molar-refractivity contribution in [2.75, 3.05) is 0 Å². The van der Waals surface area contributed by atoms with E-state index in [1.165, 1.54) is 29.5 Å². The van der Waals surface area contributed by atoms with Crippen LogP contribution in [0.2, 0.25) is 0 Å². The number of nitrogens with zero attached hydrogens (tertiary/aromatic N) is 2. The Hall–Kier alpha value is -1.61. The molecule has 0 saturated heterocycles. The maximum absolute atomic E-state index is 4.27. The summed E-state index contributed by atoms with van der Waals surface area (Å²) in [4.78, 5) is 0. The molecule has 2 unspecified atom stereocenters. The van der Waals surface area contributed by atoms with Crippen molar-refractivity contribution in [2.45, 2.75) is 38.8 Å². The van der Waals surface area contributed by atoms with Gasteiger partial charge in [-0.2, -0.15) is 5.10 Å². The Labute approximate surface area is 121 Å². The molecular weight excluding hydrogens is 246 g/mol. The minimum atomic E-state index is 0.328. The molecule has 1 aliphatic carbocycles. The molecule has 0 radical (unpaired) electrons. The summed E-state index contributed by atoms with van der Waals surface area (Å²) in [5.74, 6) is 0.787. The number of aryl methyl sites for hydroxylation is 2. The molecule has 0 amide bonds. The summed E-state index contributed by atoms with van der Waals surface area (Å²) in [6, 6.07) is 9.53. The van der Waals surface area contributed by atoms with Gasteiger partial charge in [0.05, 0.1) is 6.20 Å². The van der Waals surface area contributed by atoms with Crippen LogP contribution >= 0.6 is 0 Å². The normalized spacial score (nSPS) is 17.9. The van der Waals surface area contributed by atoms with Crippen molar-refractivity contribution in [3.63, 3.8) is 0 Å². The average Bonchev–Trinajstić information content (AvgIpc) is 3.18. The standard InChI is InChI=1S/C17H23N3/c1-12-6-4-5-7-16(12)17(14-8-9-14)19-13(2)15-10-18-20(3)11-15/h4-7,10-11,13-14,17,19H,8-9H2,1-3H3. The molecule has 1 aromatic carbocycles. The lowest BCUT2D eigenvalue weighted by atomic mass is 9.96. The summed E-state index contributed by atoms with van der Waals surface area (Å²) in [7, 11) is 1.97. The van der Waals surface area contributed by atoms with E-state index in [1.54, 1.807) is 0 Å². The van der Waals surface area contributed by atoms with Gasteiger partial charge in [-0.3, -0.25) is 4.68 Å². The fourth-order valence-electron chi connectivity index (χ4n) is 2.87. The van der Waals surface area contributed by atoms with E-state index in [-0.39, 0.29) is 0 Å². The van der Waals surface area contributed by atoms with Gasteiger partial charge in [-0.15, -0.1) is 0 Å². The van der Waals surface area contributed by atoms with Gasteiger partial charge in [0, 0.05) is 30.9 Å². The first-order chi connectivity index (χ1) is 9.65. The van der Waals surface area contributed by atoms with Crippen molar-refractivity contribution < 1.29 is 0 Å². The molecule has 1 N–H and O–H groups in total. The Balaban J connectivity index is 1.80. The van der Waals surface area contributed by atoms with Gasteiger partial charge < -0.3 is 5.32 Å². The molecule has 20 heavy (non-hydrogen) atoms. The minimum absolute atomic E-state index is 0.328. The fraction of sp³-hybridized carbons (Fsp3) is 0.471. The third-order valence-corrected chi connectivity index (χ3v) is 4.27. The number of hydrogen-bond acceptors (Lipinski definition) is 2. The van der Waals surface area contributed by atoms with Crippen LogP contribution in [0.3, 0.4) is 0 Å². The highest BCUT2D eigenvalue weighted by Crippen LogP contribution is 2.42. The molecule has 1 saturated carbocycles. The molecule has 0 spiro atoms. The number of rotatable bonds is 5. The fourth-order valence-corrected chi connectivity index (χ4v) is 2.87. The summed E-state index contributed by atoms with van der Waals surface area (Å²) < 4.78 is 1.87. The van der Waals surface area contributed by atoms with E-state index < -0.39 is 0 Å². The van der Waals surface area contributed by atoms with Gasteiger partial charge in [-0.25, -0.2) is 0 Å². The highest BCUT2D eigenvalue weighted by Gasteiger charge is 2.33. The van der Waals surface area contributed by atoms with E-state index in [4.69, 9.17) is 0 Å². The van der Waals surface area contributed by atoms with Crippen LogP contribution in [0, 0.1) is 12.8 Å². The summed E-state index contributed by atoms with van der Waals surface area (Å²) in [6.07, 6.45) is 6.73. The van der Waals surface area contributed by atoms with Crippen molar-refractivity contribution >= 4 is 0 Å². The summed E-state index contributed by atoms with van der Waals surface area (Å²) >= 11 is 0. The van der Waals surface area contributed by atoms with Crippen LogP contribution in [0.15, 0.2) is 36.7 Å². The molecule has 1 aliphatic rings. The summed E-state index contributed by atoms with van der Waals surface area (Å²) in [5, 5.41) is 8.08. The minimum Gasteiger partial charge on any atom is -0.303 e. The lowest BCUT2D eigenvalue weighted by Gasteiger charge is -2.24. The van der Waals surface area contributed by atoms with Crippen molar-refractivity contribution in [1.29, 1.82) is 0 Å². The first kappa shape index (κ1) is 13.4. The molecule has 3 nitrogen and oxygen atoms in total. The number of nitrogens with one attached hydrogen (secondary N) is 1. The lowest BCUT2D eigenvalue weighted by Crippen LogP contribution is -2.26. The van der Waals surface area contributed by atoms with Crippen molar-refractivity contribution in [3.05, 3.63) is 53.3 Å². The predicted molar refractivity (Wildman–Crippen MR) is 81.4 cm³/mol. The topological polar surface area (TPSA) is 29.9 Å². The first-order valence-electron chi connectivity index (χ1n) is 7.45. The maximum atomic E-state index is 4.27. The number of aromatic nitrogens is 2. The monoisotopic (exact) mass is 269 g/mol. The van der Waals surface area contributed by atoms with Crippen LogP contribution in [0.4, 0.5) is 0 Å². The van der Waals surface area contributed by atoms with Crippen LogP contribution < -0.4 is 5.32 Å². The predicted octanol–water partition coefficient (Wildman–Crippen LogP) is 3.53. The zero-order valence-corrected chi connectivity index (χ0v) is 12.5. The molecule has 1 aromatic heterocycles. The zero-order chi connectivity index (χ0) is 14.1. The highest BCUT2D eigenvalue weighted by atomic mass is 15.2. The third kappa shape index (κ3) is 2.78. The first-order valence-corrected chi connectivity index (χ1v) is 7.45. The quantitative estimate of drug-likeness (QED) is 0.900. The second-order valence-electron chi connectivity index (χ2n) is 6.01. The molecule has 3 rings (SSSR count). The van der Waals surface area contributed by atoms with Crippen LogP contribution in [0.25, 0.3) is 0 Å². The van der Waals surface area contributed by atoms with Gasteiger partial charge in [0.2, 0.25) is 0 Å². The molecule has 0 aliphatic heterocycles. The maximum Gasteiger partial charge on any atom is 0.0537 e. The second-order valence-corrected chi connectivity index (χ2v) is 6.01. The van der Waals surface area contributed by atoms with E-state index in [0.717, 1.165) is 5.92 Å². The lowest BCUT2D eigenvalue weighted by molar-refractivity contribution is 0.426. The molecule has 106 valence electrons. The van der Waals surface area contributed by atoms with Gasteiger partial charge in [-0.1, -0.05) is 24.3 Å². The Morgan fingerprint density at radius 1 is 1.30 bits per heavy atom. The van der Waals surface area contributed by atoms with Gasteiger partial charge in [-0.05, 0) is 43.7 Å². The third-order valence-electron chi connectivity index (χ3n) is 4.27. The summed E-state index contributed by atoms with van der Waals surface area (Å²) in [6.45, 7) is 4.44. The van der Waals surface area contributed by atoms with Crippen LogP contribution in [-0.4, -0.2) is 9.78 Å². The van der Waals surface area contributed by atoms with Crippen LogP contribution in [0.1, 0.15) is 48.5 Å². The van der Waals surface area contributed by atoms with Crippen LogP contribution in [-0.2, 0) is 7.05 Å². The van der Waals surface area contributed by atoms with Crippen molar-refractivity contribution in [1.82, 2.24) is 15.1 Å². The van der Waals surface area contributed by atoms with Crippen LogP contribution in [0.5, 0.6) is 0 Å².